The summed E-state index contributed by atoms with van der Waals surface area (Å²) in [6, 6.07) is 7.01. The lowest BCUT2D eigenvalue weighted by Crippen LogP contribution is -2.45. The van der Waals surface area contributed by atoms with Crippen molar-refractivity contribution in [3.63, 3.8) is 0 Å². The Morgan fingerprint density at radius 2 is 2.08 bits per heavy atom. The maximum absolute atomic E-state index is 12.5. The molecular formula is C18H21N5O2. The summed E-state index contributed by atoms with van der Waals surface area (Å²) >= 11 is 0. The Morgan fingerprint density at radius 3 is 2.80 bits per heavy atom. The van der Waals surface area contributed by atoms with E-state index < -0.39 is 0 Å². The Morgan fingerprint density at radius 1 is 1.20 bits per heavy atom. The van der Waals surface area contributed by atoms with Crippen LogP contribution in [0.25, 0.3) is 0 Å². The number of nitrogens with zero attached hydrogens (tertiary/aromatic N) is 3. The highest BCUT2D eigenvalue weighted by Gasteiger charge is 2.28. The quantitative estimate of drug-likeness (QED) is 0.900. The summed E-state index contributed by atoms with van der Waals surface area (Å²) in [6.45, 7) is 2.97. The van der Waals surface area contributed by atoms with Crippen LogP contribution >= 0.6 is 0 Å². The summed E-state index contributed by atoms with van der Waals surface area (Å²) in [5.41, 5.74) is 1.68. The summed E-state index contributed by atoms with van der Waals surface area (Å²) in [4.78, 5) is 34.7. The average molecular weight is 339 g/mol. The minimum Gasteiger partial charge on any atom is -0.324 e. The Hall–Kier alpha value is -2.96. The number of likely N-dealkylation sites (tertiary alicyclic amines) is 1. The number of anilines is 2. The van der Waals surface area contributed by atoms with Crippen LogP contribution in [0.15, 0.2) is 42.9 Å². The summed E-state index contributed by atoms with van der Waals surface area (Å²) in [7, 11) is 0. The molecule has 0 saturated carbocycles. The Bertz CT molecular complexity index is 733. The molecule has 0 unspecified atom stereocenters. The van der Waals surface area contributed by atoms with Gasteiger partial charge in [0.05, 0.1) is 17.8 Å². The lowest BCUT2D eigenvalue weighted by molar-refractivity contribution is -0.121. The van der Waals surface area contributed by atoms with Crippen LogP contribution in [-0.4, -0.2) is 39.9 Å². The number of hydrogen-bond acceptors (Lipinski definition) is 4. The van der Waals surface area contributed by atoms with Crippen molar-refractivity contribution >= 4 is 23.4 Å². The van der Waals surface area contributed by atoms with E-state index in [4.69, 9.17) is 0 Å². The molecule has 7 heteroatoms. The van der Waals surface area contributed by atoms with Crippen molar-refractivity contribution in [3.8, 4) is 0 Å². The molecule has 0 radical (unpaired) electrons. The lowest BCUT2D eigenvalue weighted by Gasteiger charge is -2.32. The topological polar surface area (TPSA) is 87.2 Å². The zero-order valence-corrected chi connectivity index (χ0v) is 14.1. The second kappa shape index (κ2) is 7.74. The van der Waals surface area contributed by atoms with Gasteiger partial charge in [-0.25, -0.2) is 9.78 Å². The molecule has 3 heterocycles. The fourth-order valence-electron chi connectivity index (χ4n) is 2.78. The zero-order valence-electron chi connectivity index (χ0n) is 14.1. The Kier molecular flexibility index (Phi) is 5.23. The van der Waals surface area contributed by atoms with Gasteiger partial charge in [0.2, 0.25) is 5.91 Å². The van der Waals surface area contributed by atoms with E-state index >= 15 is 0 Å². The lowest BCUT2D eigenvalue weighted by atomic mass is 9.97. The van der Waals surface area contributed by atoms with Gasteiger partial charge in [-0.05, 0) is 43.5 Å². The maximum atomic E-state index is 12.5. The summed E-state index contributed by atoms with van der Waals surface area (Å²) < 4.78 is 0. The molecule has 0 spiro atoms. The largest absolute Gasteiger partial charge is 0.324 e. The van der Waals surface area contributed by atoms with Gasteiger partial charge in [0.1, 0.15) is 5.82 Å². The molecule has 1 aliphatic rings. The van der Waals surface area contributed by atoms with Crippen molar-refractivity contribution in [2.24, 2.45) is 5.92 Å². The van der Waals surface area contributed by atoms with Gasteiger partial charge in [0, 0.05) is 25.5 Å². The van der Waals surface area contributed by atoms with Gasteiger partial charge < -0.3 is 15.5 Å². The highest BCUT2D eigenvalue weighted by atomic mass is 16.2. The van der Waals surface area contributed by atoms with Crippen LogP contribution in [0.4, 0.5) is 16.3 Å². The number of pyridine rings is 2. The number of aryl methyl sites for hydroxylation is 1. The Labute approximate surface area is 146 Å². The molecule has 0 aromatic carbocycles. The highest BCUT2D eigenvalue weighted by Crippen LogP contribution is 2.19. The molecule has 2 aromatic heterocycles. The normalized spacial score (nSPS) is 17.0. The predicted molar refractivity (Wildman–Crippen MR) is 95.2 cm³/mol. The average Bonchev–Trinajstić information content (AvgIpc) is 2.64. The number of carbonyl (C=O) groups is 2. The van der Waals surface area contributed by atoms with Crippen molar-refractivity contribution in [2.45, 2.75) is 19.8 Å². The fourth-order valence-corrected chi connectivity index (χ4v) is 2.78. The Balaban J connectivity index is 1.57. The van der Waals surface area contributed by atoms with Crippen LogP contribution in [-0.2, 0) is 4.79 Å². The van der Waals surface area contributed by atoms with Gasteiger partial charge in [-0.3, -0.25) is 9.78 Å². The minimum absolute atomic E-state index is 0.102. The molecule has 1 aliphatic heterocycles. The van der Waals surface area contributed by atoms with Gasteiger partial charge in [-0.1, -0.05) is 6.07 Å². The van der Waals surface area contributed by atoms with Gasteiger partial charge in [0.25, 0.3) is 0 Å². The van der Waals surface area contributed by atoms with Crippen LogP contribution in [0.3, 0.4) is 0 Å². The van der Waals surface area contributed by atoms with E-state index in [1.165, 1.54) is 0 Å². The molecule has 1 fully saturated rings. The van der Waals surface area contributed by atoms with Gasteiger partial charge in [0.15, 0.2) is 0 Å². The van der Waals surface area contributed by atoms with E-state index in [0.717, 1.165) is 18.4 Å². The molecule has 2 aromatic rings. The summed E-state index contributed by atoms with van der Waals surface area (Å²) in [5.74, 6) is 0.194. The SMILES string of the molecule is Cc1ccc(NC(=O)[C@@H]2CCCN(C(=O)Nc3cccnc3)C2)nc1. The van der Waals surface area contributed by atoms with E-state index in [2.05, 4.69) is 20.6 Å². The molecule has 3 rings (SSSR count). The van der Waals surface area contributed by atoms with Gasteiger partial charge in [-0.15, -0.1) is 0 Å². The summed E-state index contributed by atoms with van der Waals surface area (Å²) in [5, 5.41) is 5.64. The van der Waals surface area contributed by atoms with Gasteiger partial charge in [-0.2, -0.15) is 0 Å². The van der Waals surface area contributed by atoms with E-state index in [9.17, 15) is 9.59 Å². The number of hydrogen-bond donors (Lipinski definition) is 2. The molecule has 7 nitrogen and oxygen atoms in total. The van der Waals surface area contributed by atoms with Crippen molar-refractivity contribution in [3.05, 3.63) is 48.4 Å². The first-order valence-electron chi connectivity index (χ1n) is 8.31. The number of urea groups is 1. The van der Waals surface area contributed by atoms with E-state index in [0.29, 0.717) is 24.6 Å². The van der Waals surface area contributed by atoms with Crippen LogP contribution in [0.5, 0.6) is 0 Å². The van der Waals surface area contributed by atoms with E-state index in [1.807, 2.05) is 13.0 Å². The van der Waals surface area contributed by atoms with Gasteiger partial charge >= 0.3 is 6.03 Å². The highest BCUT2D eigenvalue weighted by molar-refractivity contribution is 5.93. The molecule has 2 N–H and O–H groups in total. The third-order valence-corrected chi connectivity index (χ3v) is 4.15. The minimum atomic E-state index is -0.239. The standard InChI is InChI=1S/C18H21N5O2/c1-13-6-7-16(20-10-13)22-17(24)14-4-3-9-23(12-14)18(25)21-15-5-2-8-19-11-15/h2,5-8,10-11,14H,3-4,9,12H2,1H3,(H,21,25)(H,20,22,24)/t14-/m1/s1. The van der Waals surface area contributed by atoms with Crippen LogP contribution < -0.4 is 10.6 Å². The molecule has 3 amide bonds. The first kappa shape index (κ1) is 16.9. The van der Waals surface area contributed by atoms with E-state index in [-0.39, 0.29) is 17.9 Å². The first-order valence-corrected chi connectivity index (χ1v) is 8.31. The zero-order chi connectivity index (χ0) is 17.6. The first-order chi connectivity index (χ1) is 12.1. The summed E-state index contributed by atoms with van der Waals surface area (Å²) in [6.07, 6.45) is 6.50. The van der Waals surface area contributed by atoms with Crippen molar-refractivity contribution in [2.75, 3.05) is 23.7 Å². The van der Waals surface area contributed by atoms with Crippen LogP contribution in [0.1, 0.15) is 18.4 Å². The second-order valence-corrected chi connectivity index (χ2v) is 6.17. The second-order valence-electron chi connectivity index (χ2n) is 6.17. The molecular weight excluding hydrogens is 318 g/mol. The van der Waals surface area contributed by atoms with Crippen molar-refractivity contribution in [1.29, 1.82) is 0 Å². The number of piperidine rings is 1. The third kappa shape index (κ3) is 4.53. The molecule has 130 valence electrons. The predicted octanol–water partition coefficient (Wildman–Crippen LogP) is 2.67. The molecule has 1 atom stereocenters. The van der Waals surface area contributed by atoms with Crippen molar-refractivity contribution in [1.82, 2.24) is 14.9 Å². The smallest absolute Gasteiger partial charge is 0.321 e. The molecule has 25 heavy (non-hydrogen) atoms. The van der Waals surface area contributed by atoms with Crippen LogP contribution in [0, 0.1) is 12.8 Å². The number of nitrogens with one attached hydrogen (secondary N) is 2. The number of aromatic nitrogens is 2. The van der Waals surface area contributed by atoms with Crippen LogP contribution in [0.2, 0.25) is 0 Å². The van der Waals surface area contributed by atoms with Crippen molar-refractivity contribution < 1.29 is 9.59 Å². The van der Waals surface area contributed by atoms with E-state index in [1.54, 1.807) is 41.7 Å². The molecule has 0 bridgehead atoms. The fraction of sp³-hybridized carbons (Fsp3) is 0.333. The number of carbonyl (C=O) groups excluding carboxylic acids is 2. The third-order valence-electron chi connectivity index (χ3n) is 4.15. The maximum Gasteiger partial charge on any atom is 0.321 e. The number of rotatable bonds is 3. The number of amides is 3. The monoisotopic (exact) mass is 339 g/mol. The molecule has 1 saturated heterocycles. The molecule has 0 aliphatic carbocycles.